The standard InChI is InChI=1S/C13H17NO/c1-10-5-2-3-6-11(10)9-13(15)12-7-4-8-14-12/h2-3,5-6,12,14H,4,7-9H2,1H3/t12-/m1/s1. The molecule has 1 aliphatic heterocycles. The van der Waals surface area contributed by atoms with Crippen LogP contribution in [0.1, 0.15) is 24.0 Å². The molecule has 1 heterocycles. The zero-order chi connectivity index (χ0) is 10.7. The first kappa shape index (κ1) is 10.4. The zero-order valence-corrected chi connectivity index (χ0v) is 9.12. The molecule has 0 amide bonds. The largest absolute Gasteiger partial charge is 0.307 e. The number of aryl methyl sites for hydroxylation is 1. The van der Waals surface area contributed by atoms with E-state index in [1.54, 1.807) is 0 Å². The number of ketones is 1. The highest BCUT2D eigenvalue weighted by Gasteiger charge is 2.21. The molecule has 1 N–H and O–H groups in total. The van der Waals surface area contributed by atoms with Gasteiger partial charge in [-0.2, -0.15) is 0 Å². The number of rotatable bonds is 3. The second kappa shape index (κ2) is 4.58. The van der Waals surface area contributed by atoms with Gasteiger partial charge >= 0.3 is 0 Å². The Kier molecular flexibility index (Phi) is 3.17. The predicted octanol–water partition coefficient (Wildman–Crippen LogP) is 1.86. The van der Waals surface area contributed by atoms with Crippen molar-refractivity contribution in [2.45, 2.75) is 32.2 Å². The molecule has 2 rings (SSSR count). The minimum atomic E-state index is 0.101. The monoisotopic (exact) mass is 203 g/mol. The van der Waals surface area contributed by atoms with E-state index in [2.05, 4.69) is 18.3 Å². The van der Waals surface area contributed by atoms with Gasteiger partial charge in [-0.05, 0) is 37.4 Å². The molecule has 15 heavy (non-hydrogen) atoms. The van der Waals surface area contributed by atoms with Gasteiger partial charge in [0.15, 0.2) is 5.78 Å². The van der Waals surface area contributed by atoms with E-state index >= 15 is 0 Å². The maximum absolute atomic E-state index is 11.9. The van der Waals surface area contributed by atoms with Crippen molar-refractivity contribution in [2.75, 3.05) is 6.54 Å². The van der Waals surface area contributed by atoms with Crippen molar-refractivity contribution in [1.29, 1.82) is 0 Å². The molecule has 1 saturated heterocycles. The van der Waals surface area contributed by atoms with Crippen LogP contribution in [0.5, 0.6) is 0 Å². The molecule has 0 unspecified atom stereocenters. The summed E-state index contributed by atoms with van der Waals surface area (Å²) in [6, 6.07) is 8.21. The summed E-state index contributed by atoms with van der Waals surface area (Å²) in [5.41, 5.74) is 2.38. The Morgan fingerprint density at radius 1 is 1.47 bits per heavy atom. The van der Waals surface area contributed by atoms with Crippen molar-refractivity contribution in [3.05, 3.63) is 35.4 Å². The number of hydrogen-bond acceptors (Lipinski definition) is 2. The number of carbonyl (C=O) groups excluding carboxylic acids is 1. The molecule has 1 fully saturated rings. The van der Waals surface area contributed by atoms with Crippen LogP contribution in [0.25, 0.3) is 0 Å². The van der Waals surface area contributed by atoms with Gasteiger partial charge in [-0.15, -0.1) is 0 Å². The number of hydrogen-bond donors (Lipinski definition) is 1. The minimum absolute atomic E-state index is 0.101. The third-order valence-corrected chi connectivity index (χ3v) is 3.07. The Hall–Kier alpha value is -1.15. The average Bonchev–Trinajstić information content (AvgIpc) is 2.74. The van der Waals surface area contributed by atoms with Crippen LogP contribution in [0.3, 0.4) is 0 Å². The molecule has 0 aromatic heterocycles. The Balaban J connectivity index is 2.02. The first-order chi connectivity index (χ1) is 7.27. The molecule has 0 aliphatic carbocycles. The molecular weight excluding hydrogens is 186 g/mol. The predicted molar refractivity (Wildman–Crippen MR) is 60.9 cm³/mol. The van der Waals surface area contributed by atoms with Gasteiger partial charge < -0.3 is 5.32 Å². The summed E-state index contributed by atoms with van der Waals surface area (Å²) in [6.07, 6.45) is 2.71. The molecule has 0 spiro atoms. The highest BCUT2D eigenvalue weighted by molar-refractivity contribution is 5.86. The van der Waals surface area contributed by atoms with Crippen molar-refractivity contribution in [3.63, 3.8) is 0 Å². The lowest BCUT2D eigenvalue weighted by atomic mass is 9.99. The second-order valence-electron chi connectivity index (χ2n) is 4.22. The smallest absolute Gasteiger partial charge is 0.154 e. The minimum Gasteiger partial charge on any atom is -0.307 e. The fourth-order valence-corrected chi connectivity index (χ4v) is 2.08. The zero-order valence-electron chi connectivity index (χ0n) is 9.12. The maximum Gasteiger partial charge on any atom is 0.154 e. The van der Waals surface area contributed by atoms with Crippen molar-refractivity contribution >= 4 is 5.78 Å². The molecule has 1 atom stereocenters. The van der Waals surface area contributed by atoms with Crippen LogP contribution >= 0.6 is 0 Å². The Morgan fingerprint density at radius 2 is 2.27 bits per heavy atom. The van der Waals surface area contributed by atoms with E-state index in [-0.39, 0.29) is 6.04 Å². The van der Waals surface area contributed by atoms with E-state index in [0.717, 1.165) is 24.9 Å². The summed E-state index contributed by atoms with van der Waals surface area (Å²) in [7, 11) is 0. The van der Waals surface area contributed by atoms with Gasteiger partial charge in [-0.25, -0.2) is 0 Å². The number of benzene rings is 1. The van der Waals surface area contributed by atoms with Gasteiger partial charge in [0, 0.05) is 6.42 Å². The topological polar surface area (TPSA) is 29.1 Å². The first-order valence-electron chi connectivity index (χ1n) is 5.58. The molecule has 1 aromatic carbocycles. The van der Waals surface area contributed by atoms with Gasteiger partial charge in [-0.3, -0.25) is 4.79 Å². The van der Waals surface area contributed by atoms with Gasteiger partial charge in [-0.1, -0.05) is 24.3 Å². The van der Waals surface area contributed by atoms with Crippen molar-refractivity contribution in [2.24, 2.45) is 0 Å². The third kappa shape index (κ3) is 2.45. The molecule has 0 saturated carbocycles. The number of nitrogens with one attached hydrogen (secondary N) is 1. The number of carbonyl (C=O) groups is 1. The third-order valence-electron chi connectivity index (χ3n) is 3.07. The Morgan fingerprint density at radius 3 is 2.93 bits per heavy atom. The van der Waals surface area contributed by atoms with Crippen molar-refractivity contribution in [3.8, 4) is 0 Å². The van der Waals surface area contributed by atoms with Gasteiger partial charge in [0.05, 0.1) is 6.04 Å². The molecule has 1 aliphatic rings. The van der Waals surface area contributed by atoms with E-state index in [4.69, 9.17) is 0 Å². The fraction of sp³-hybridized carbons (Fsp3) is 0.462. The van der Waals surface area contributed by atoms with Crippen LogP contribution in [0.4, 0.5) is 0 Å². The van der Waals surface area contributed by atoms with Crippen LogP contribution in [-0.2, 0) is 11.2 Å². The highest BCUT2D eigenvalue weighted by atomic mass is 16.1. The molecule has 2 nitrogen and oxygen atoms in total. The molecule has 80 valence electrons. The molecule has 0 radical (unpaired) electrons. The van der Waals surface area contributed by atoms with Crippen molar-refractivity contribution < 1.29 is 4.79 Å². The van der Waals surface area contributed by atoms with Crippen molar-refractivity contribution in [1.82, 2.24) is 5.32 Å². The van der Waals surface area contributed by atoms with E-state index in [9.17, 15) is 4.79 Å². The molecule has 2 heteroatoms. The van der Waals surface area contributed by atoms with Crippen LogP contribution in [0.15, 0.2) is 24.3 Å². The van der Waals surface area contributed by atoms with Gasteiger partial charge in [0.25, 0.3) is 0 Å². The SMILES string of the molecule is Cc1ccccc1CC(=O)[C@H]1CCCN1. The van der Waals surface area contributed by atoms with E-state index < -0.39 is 0 Å². The summed E-state index contributed by atoms with van der Waals surface area (Å²) in [6.45, 7) is 3.05. The van der Waals surface area contributed by atoms with Gasteiger partial charge in [0.1, 0.15) is 0 Å². The Labute approximate surface area is 90.7 Å². The van der Waals surface area contributed by atoms with E-state index in [1.165, 1.54) is 5.56 Å². The van der Waals surface area contributed by atoms with Crippen LogP contribution < -0.4 is 5.32 Å². The summed E-state index contributed by atoms with van der Waals surface area (Å²) < 4.78 is 0. The fourth-order valence-electron chi connectivity index (χ4n) is 2.08. The first-order valence-corrected chi connectivity index (χ1v) is 5.58. The maximum atomic E-state index is 11.9. The summed E-state index contributed by atoms with van der Waals surface area (Å²) in [5, 5.41) is 3.25. The molecule has 1 aromatic rings. The van der Waals surface area contributed by atoms with Crippen LogP contribution in [0.2, 0.25) is 0 Å². The lowest BCUT2D eigenvalue weighted by Gasteiger charge is -2.10. The van der Waals surface area contributed by atoms with Gasteiger partial charge in [0.2, 0.25) is 0 Å². The van der Waals surface area contributed by atoms with Crippen LogP contribution in [-0.4, -0.2) is 18.4 Å². The van der Waals surface area contributed by atoms with E-state index in [1.807, 2.05) is 18.2 Å². The average molecular weight is 203 g/mol. The quantitative estimate of drug-likeness (QED) is 0.812. The summed E-state index contributed by atoms with van der Waals surface area (Å²) in [4.78, 5) is 11.9. The Bertz CT molecular complexity index is 353. The highest BCUT2D eigenvalue weighted by Crippen LogP contribution is 2.12. The van der Waals surface area contributed by atoms with Crippen LogP contribution in [0, 0.1) is 6.92 Å². The second-order valence-corrected chi connectivity index (χ2v) is 4.22. The van der Waals surface area contributed by atoms with E-state index in [0.29, 0.717) is 12.2 Å². The summed E-state index contributed by atoms with van der Waals surface area (Å²) in [5.74, 6) is 0.335. The normalized spacial score (nSPS) is 20.5. The lowest BCUT2D eigenvalue weighted by Crippen LogP contribution is -2.32. The molecule has 0 bridgehead atoms. The summed E-state index contributed by atoms with van der Waals surface area (Å²) >= 11 is 0. The lowest BCUT2D eigenvalue weighted by molar-refractivity contribution is -0.120. The molecular formula is C13H17NO. The number of Topliss-reactive ketones (excluding diaryl/α,β-unsaturated/α-hetero) is 1.